The Labute approximate surface area is 125 Å². The third-order valence-electron chi connectivity index (χ3n) is 2.89. The van der Waals surface area contributed by atoms with Crippen molar-refractivity contribution >= 4 is 21.9 Å². The van der Waals surface area contributed by atoms with Crippen LogP contribution in [-0.4, -0.2) is 18.2 Å². The van der Waals surface area contributed by atoms with Gasteiger partial charge in [0.2, 0.25) is 0 Å². The maximum atomic E-state index is 14.4. The maximum absolute atomic E-state index is 14.4. The van der Waals surface area contributed by atoms with Gasteiger partial charge >= 0.3 is 5.97 Å². The van der Waals surface area contributed by atoms with Crippen molar-refractivity contribution in [2.45, 2.75) is 32.6 Å². The summed E-state index contributed by atoms with van der Waals surface area (Å²) in [5.74, 6) is -4.18. The molecule has 6 heteroatoms. The van der Waals surface area contributed by atoms with Crippen molar-refractivity contribution in [1.29, 1.82) is 0 Å². The third kappa shape index (κ3) is 4.44. The summed E-state index contributed by atoms with van der Waals surface area (Å²) < 4.78 is 34.4. The van der Waals surface area contributed by atoms with Crippen molar-refractivity contribution < 1.29 is 23.4 Å². The number of carboxylic acids is 1. The second-order valence-corrected chi connectivity index (χ2v) is 6.38. The number of ether oxygens (including phenoxy) is 1. The van der Waals surface area contributed by atoms with Crippen LogP contribution in [0.1, 0.15) is 32.3 Å². The van der Waals surface area contributed by atoms with E-state index in [0.717, 1.165) is 0 Å². The van der Waals surface area contributed by atoms with E-state index >= 15 is 0 Å². The zero-order chi connectivity index (χ0) is 15.6. The highest BCUT2D eigenvalue weighted by Crippen LogP contribution is 2.45. The summed E-state index contributed by atoms with van der Waals surface area (Å²) in [6, 6.07) is 4.37. The molecule has 1 N–H and O–H groups in total. The first-order valence-corrected chi connectivity index (χ1v) is 6.80. The van der Waals surface area contributed by atoms with Gasteiger partial charge < -0.3 is 9.84 Å². The summed E-state index contributed by atoms with van der Waals surface area (Å²) in [6.07, 6.45) is -0.891. The van der Waals surface area contributed by atoms with Gasteiger partial charge in [-0.1, -0.05) is 29.8 Å². The van der Waals surface area contributed by atoms with Crippen LogP contribution >= 0.6 is 15.9 Å². The highest BCUT2D eigenvalue weighted by Gasteiger charge is 2.41. The highest BCUT2D eigenvalue weighted by molar-refractivity contribution is 9.10. The molecule has 0 bridgehead atoms. The Balaban J connectivity index is 3.10. The smallest absolute Gasteiger partial charge is 0.303 e. The van der Waals surface area contributed by atoms with Crippen molar-refractivity contribution in [1.82, 2.24) is 0 Å². The lowest BCUT2D eigenvalue weighted by Gasteiger charge is -2.29. The molecule has 0 saturated carbocycles. The van der Waals surface area contributed by atoms with Crippen molar-refractivity contribution in [2.75, 3.05) is 7.11 Å². The van der Waals surface area contributed by atoms with E-state index in [1.54, 1.807) is 6.07 Å². The summed E-state index contributed by atoms with van der Waals surface area (Å²) in [7, 11) is 1.32. The summed E-state index contributed by atoms with van der Waals surface area (Å²) >= 11 is 3.15. The minimum Gasteiger partial charge on any atom is -0.496 e. The number of carbonyl (C=O) groups is 1. The van der Waals surface area contributed by atoms with Crippen LogP contribution in [0.2, 0.25) is 0 Å². The van der Waals surface area contributed by atoms with E-state index in [9.17, 15) is 13.6 Å². The van der Waals surface area contributed by atoms with Crippen LogP contribution in [0.4, 0.5) is 8.78 Å². The normalized spacial score (nSPS) is 12.3. The molecular formula is C14H17BrF2O3. The first-order chi connectivity index (χ1) is 9.07. The summed E-state index contributed by atoms with van der Waals surface area (Å²) in [5.41, 5.74) is -1.27. The van der Waals surface area contributed by atoms with Gasteiger partial charge in [0.25, 0.3) is 5.92 Å². The van der Waals surface area contributed by atoms with Crippen LogP contribution in [-0.2, 0) is 10.7 Å². The van der Waals surface area contributed by atoms with Crippen LogP contribution in [0, 0.1) is 5.41 Å². The van der Waals surface area contributed by atoms with Crippen LogP contribution in [0.25, 0.3) is 0 Å². The van der Waals surface area contributed by atoms with Gasteiger partial charge in [-0.25, -0.2) is 8.78 Å². The molecule has 3 nitrogen and oxygen atoms in total. The quantitative estimate of drug-likeness (QED) is 0.824. The highest BCUT2D eigenvalue weighted by atomic mass is 79.9. The van der Waals surface area contributed by atoms with E-state index in [1.165, 1.54) is 33.1 Å². The topological polar surface area (TPSA) is 46.5 Å². The van der Waals surface area contributed by atoms with Crippen LogP contribution in [0.5, 0.6) is 5.75 Å². The minimum absolute atomic E-state index is 0.0873. The van der Waals surface area contributed by atoms with Gasteiger partial charge in [0, 0.05) is 10.9 Å². The average molecular weight is 351 g/mol. The molecule has 0 saturated heterocycles. The molecule has 0 heterocycles. The zero-order valence-corrected chi connectivity index (χ0v) is 13.1. The first kappa shape index (κ1) is 16.9. The fourth-order valence-corrected chi connectivity index (χ4v) is 2.50. The van der Waals surface area contributed by atoms with Crippen molar-refractivity contribution in [2.24, 2.45) is 5.41 Å². The molecule has 0 atom stereocenters. The van der Waals surface area contributed by atoms with Gasteiger partial charge in [-0.15, -0.1) is 0 Å². The number of methoxy groups -OCH3 is 1. The number of hydrogen-bond acceptors (Lipinski definition) is 2. The summed E-state index contributed by atoms with van der Waals surface area (Å²) in [6.45, 7) is 3.03. The second kappa shape index (κ2) is 6.08. The Morgan fingerprint density at radius 2 is 2.00 bits per heavy atom. The molecule has 1 rings (SSSR count). The minimum atomic E-state index is -3.17. The van der Waals surface area contributed by atoms with E-state index in [2.05, 4.69) is 15.9 Å². The molecule has 0 aromatic heterocycles. The van der Waals surface area contributed by atoms with Gasteiger partial charge in [-0.3, -0.25) is 4.79 Å². The lowest BCUT2D eigenvalue weighted by molar-refractivity contribution is -0.140. The lowest BCUT2D eigenvalue weighted by atomic mass is 9.81. The Morgan fingerprint density at radius 1 is 1.40 bits per heavy atom. The number of alkyl halides is 2. The molecule has 0 radical (unpaired) electrons. The fraction of sp³-hybridized carbons (Fsp3) is 0.500. The van der Waals surface area contributed by atoms with E-state index in [0.29, 0.717) is 4.47 Å². The number of carboxylic acid groups (broad SMARTS) is 1. The molecule has 0 aliphatic heterocycles. The predicted octanol–water partition coefficient (Wildman–Crippen LogP) is 4.44. The summed E-state index contributed by atoms with van der Waals surface area (Å²) in [4.78, 5) is 10.7. The molecule has 0 spiro atoms. The van der Waals surface area contributed by atoms with Crippen LogP contribution in [0.15, 0.2) is 22.7 Å². The standard InChI is InChI=1S/C14H17BrF2O3/c1-13(2,7-12(18)19)8-14(16,17)10-6-9(15)4-5-11(10)20-3/h4-6H,7-8H2,1-3H3,(H,18,19). The predicted molar refractivity (Wildman–Crippen MR) is 75.2 cm³/mol. The van der Waals surface area contributed by atoms with Crippen molar-refractivity contribution in [3.05, 3.63) is 28.2 Å². The van der Waals surface area contributed by atoms with Crippen LogP contribution in [0.3, 0.4) is 0 Å². The largest absolute Gasteiger partial charge is 0.496 e. The lowest BCUT2D eigenvalue weighted by Crippen LogP contribution is -2.27. The van der Waals surface area contributed by atoms with Gasteiger partial charge in [-0.2, -0.15) is 0 Å². The molecule has 1 aromatic carbocycles. The van der Waals surface area contributed by atoms with Crippen LogP contribution < -0.4 is 4.74 Å². The molecule has 0 fully saturated rings. The fourth-order valence-electron chi connectivity index (χ4n) is 2.13. The maximum Gasteiger partial charge on any atom is 0.303 e. The molecular weight excluding hydrogens is 334 g/mol. The molecule has 0 unspecified atom stereocenters. The van der Waals surface area contributed by atoms with Gasteiger partial charge in [-0.05, 0) is 23.6 Å². The Bertz CT molecular complexity index is 501. The SMILES string of the molecule is COc1ccc(Br)cc1C(F)(F)CC(C)(C)CC(=O)O. The molecule has 0 aliphatic rings. The van der Waals surface area contributed by atoms with Crippen molar-refractivity contribution in [3.63, 3.8) is 0 Å². The number of rotatable bonds is 6. The van der Waals surface area contributed by atoms with Gasteiger partial charge in [0.05, 0.1) is 19.1 Å². The third-order valence-corrected chi connectivity index (χ3v) is 3.38. The van der Waals surface area contributed by atoms with E-state index in [-0.39, 0.29) is 17.7 Å². The number of benzene rings is 1. The zero-order valence-electron chi connectivity index (χ0n) is 11.5. The number of halogens is 3. The van der Waals surface area contributed by atoms with E-state index in [4.69, 9.17) is 9.84 Å². The van der Waals surface area contributed by atoms with Crippen molar-refractivity contribution in [3.8, 4) is 5.75 Å². The monoisotopic (exact) mass is 350 g/mol. The first-order valence-electron chi connectivity index (χ1n) is 6.01. The Kier molecular flexibility index (Phi) is 5.13. The molecule has 20 heavy (non-hydrogen) atoms. The van der Waals surface area contributed by atoms with E-state index < -0.39 is 23.7 Å². The molecule has 1 aromatic rings. The van der Waals surface area contributed by atoms with Gasteiger partial charge in [0.1, 0.15) is 5.75 Å². The van der Waals surface area contributed by atoms with Gasteiger partial charge in [0.15, 0.2) is 0 Å². The number of hydrogen-bond donors (Lipinski definition) is 1. The summed E-state index contributed by atoms with van der Waals surface area (Å²) in [5, 5.41) is 8.78. The molecule has 112 valence electrons. The second-order valence-electron chi connectivity index (χ2n) is 5.46. The molecule has 0 aliphatic carbocycles. The molecule has 0 amide bonds. The Hall–Kier alpha value is -1.17. The Morgan fingerprint density at radius 3 is 2.50 bits per heavy atom. The average Bonchev–Trinajstić information content (AvgIpc) is 2.25. The number of aliphatic carboxylic acids is 1. The van der Waals surface area contributed by atoms with E-state index in [1.807, 2.05) is 0 Å².